The molecule has 0 amide bonds. The second kappa shape index (κ2) is 4.47. The SMILES string of the molecule is O=c1[nH]ncn1-c1ccccc1C#CCO. The maximum atomic E-state index is 11.4. The topological polar surface area (TPSA) is 70.9 Å². The molecule has 80 valence electrons. The van der Waals surface area contributed by atoms with Gasteiger partial charge < -0.3 is 5.11 Å². The van der Waals surface area contributed by atoms with Crippen LogP contribution in [-0.2, 0) is 0 Å². The van der Waals surface area contributed by atoms with Crippen molar-refractivity contribution in [2.75, 3.05) is 6.61 Å². The lowest BCUT2D eigenvalue weighted by Crippen LogP contribution is -2.15. The van der Waals surface area contributed by atoms with Crippen LogP contribution < -0.4 is 5.69 Å². The summed E-state index contributed by atoms with van der Waals surface area (Å²) in [7, 11) is 0. The fourth-order valence-corrected chi connectivity index (χ4v) is 1.34. The number of aromatic amines is 1. The number of benzene rings is 1. The Kier molecular flexibility index (Phi) is 2.85. The summed E-state index contributed by atoms with van der Waals surface area (Å²) >= 11 is 0. The molecule has 0 atom stereocenters. The number of nitrogens with one attached hydrogen (secondary N) is 1. The van der Waals surface area contributed by atoms with Crippen LogP contribution in [0, 0.1) is 11.8 Å². The molecule has 1 heterocycles. The van der Waals surface area contributed by atoms with E-state index in [1.54, 1.807) is 18.2 Å². The van der Waals surface area contributed by atoms with Crippen molar-refractivity contribution in [3.05, 3.63) is 46.6 Å². The second-order valence-corrected chi connectivity index (χ2v) is 3.01. The van der Waals surface area contributed by atoms with Crippen LogP contribution >= 0.6 is 0 Å². The number of rotatable bonds is 1. The molecule has 2 N–H and O–H groups in total. The summed E-state index contributed by atoms with van der Waals surface area (Å²) in [4.78, 5) is 11.4. The maximum Gasteiger partial charge on any atom is 0.347 e. The molecule has 0 aliphatic heterocycles. The summed E-state index contributed by atoms with van der Waals surface area (Å²) in [5.41, 5.74) is 0.987. The van der Waals surface area contributed by atoms with Crippen LogP contribution in [0.4, 0.5) is 0 Å². The van der Waals surface area contributed by atoms with E-state index in [9.17, 15) is 4.79 Å². The number of hydrogen-bond donors (Lipinski definition) is 2. The highest BCUT2D eigenvalue weighted by Crippen LogP contribution is 2.10. The molecule has 0 spiro atoms. The van der Waals surface area contributed by atoms with Crippen LogP contribution in [0.25, 0.3) is 5.69 Å². The Morgan fingerprint density at radius 3 is 2.94 bits per heavy atom. The summed E-state index contributed by atoms with van der Waals surface area (Å²) in [6, 6.07) is 7.16. The Balaban J connectivity index is 2.57. The first-order valence-corrected chi connectivity index (χ1v) is 4.64. The predicted molar refractivity (Wildman–Crippen MR) is 58.1 cm³/mol. The van der Waals surface area contributed by atoms with Gasteiger partial charge in [-0.2, -0.15) is 5.10 Å². The monoisotopic (exact) mass is 215 g/mol. The molecule has 2 rings (SSSR count). The third-order valence-corrected chi connectivity index (χ3v) is 2.02. The van der Waals surface area contributed by atoms with Crippen molar-refractivity contribution in [1.82, 2.24) is 14.8 Å². The van der Waals surface area contributed by atoms with Crippen LogP contribution in [0.2, 0.25) is 0 Å². The zero-order valence-corrected chi connectivity index (χ0v) is 8.34. The molecule has 0 aliphatic carbocycles. The second-order valence-electron chi connectivity index (χ2n) is 3.01. The Labute approximate surface area is 91.4 Å². The molecule has 0 saturated carbocycles. The number of hydrogen-bond acceptors (Lipinski definition) is 3. The van der Waals surface area contributed by atoms with Gasteiger partial charge in [0.2, 0.25) is 0 Å². The van der Waals surface area contributed by atoms with E-state index < -0.39 is 0 Å². The highest BCUT2D eigenvalue weighted by Gasteiger charge is 2.04. The van der Waals surface area contributed by atoms with Gasteiger partial charge in [-0.15, -0.1) is 0 Å². The van der Waals surface area contributed by atoms with Crippen molar-refractivity contribution in [1.29, 1.82) is 0 Å². The Bertz CT molecular complexity index is 601. The smallest absolute Gasteiger partial charge is 0.347 e. The highest BCUT2D eigenvalue weighted by atomic mass is 16.2. The van der Waals surface area contributed by atoms with E-state index in [1.165, 1.54) is 10.9 Å². The van der Waals surface area contributed by atoms with E-state index in [2.05, 4.69) is 22.0 Å². The van der Waals surface area contributed by atoms with E-state index in [1.807, 2.05) is 6.07 Å². The largest absolute Gasteiger partial charge is 0.384 e. The molecular formula is C11H9N3O2. The lowest BCUT2D eigenvalue weighted by molar-refractivity contribution is 0.350. The van der Waals surface area contributed by atoms with Crippen LogP contribution in [-0.4, -0.2) is 26.5 Å². The number of aliphatic hydroxyl groups is 1. The average molecular weight is 215 g/mol. The zero-order chi connectivity index (χ0) is 11.4. The zero-order valence-electron chi connectivity index (χ0n) is 8.34. The quantitative estimate of drug-likeness (QED) is 0.653. The highest BCUT2D eigenvalue weighted by molar-refractivity contribution is 5.50. The maximum absolute atomic E-state index is 11.4. The lowest BCUT2D eigenvalue weighted by Gasteiger charge is -2.02. The summed E-state index contributed by atoms with van der Waals surface area (Å²) in [6.45, 7) is -0.214. The van der Waals surface area contributed by atoms with Gasteiger partial charge in [-0.05, 0) is 12.1 Å². The van der Waals surface area contributed by atoms with E-state index >= 15 is 0 Å². The van der Waals surface area contributed by atoms with Crippen LogP contribution in [0.1, 0.15) is 5.56 Å². The fourth-order valence-electron chi connectivity index (χ4n) is 1.34. The first kappa shape index (κ1) is 10.2. The minimum Gasteiger partial charge on any atom is -0.384 e. The van der Waals surface area contributed by atoms with Crippen molar-refractivity contribution >= 4 is 0 Å². The van der Waals surface area contributed by atoms with Crippen molar-refractivity contribution in [3.63, 3.8) is 0 Å². The molecule has 0 radical (unpaired) electrons. The third kappa shape index (κ3) is 1.87. The molecule has 0 unspecified atom stereocenters. The van der Waals surface area contributed by atoms with Gasteiger partial charge in [-0.3, -0.25) is 0 Å². The molecule has 1 aromatic heterocycles. The molecule has 1 aromatic carbocycles. The number of aliphatic hydroxyl groups excluding tert-OH is 1. The van der Waals surface area contributed by atoms with E-state index in [0.717, 1.165) is 0 Å². The van der Waals surface area contributed by atoms with Crippen molar-refractivity contribution in [2.24, 2.45) is 0 Å². The number of aromatic nitrogens is 3. The summed E-state index contributed by atoms with van der Waals surface area (Å²) in [5.74, 6) is 5.32. The Morgan fingerprint density at radius 1 is 1.44 bits per heavy atom. The van der Waals surface area contributed by atoms with Crippen molar-refractivity contribution in [2.45, 2.75) is 0 Å². The molecule has 5 nitrogen and oxygen atoms in total. The first-order valence-electron chi connectivity index (χ1n) is 4.64. The number of H-pyrrole nitrogens is 1. The molecule has 0 fully saturated rings. The molecule has 2 aromatic rings. The Hall–Kier alpha value is -2.32. The van der Waals surface area contributed by atoms with Crippen LogP contribution in [0.5, 0.6) is 0 Å². The van der Waals surface area contributed by atoms with Gasteiger partial charge in [0.05, 0.1) is 5.69 Å². The predicted octanol–water partition coefficient (Wildman–Crippen LogP) is -0.0956. The van der Waals surface area contributed by atoms with E-state index in [0.29, 0.717) is 11.3 Å². The lowest BCUT2D eigenvalue weighted by atomic mass is 10.2. The van der Waals surface area contributed by atoms with Gasteiger partial charge in [0.15, 0.2) is 0 Å². The summed E-state index contributed by atoms with van der Waals surface area (Å²) in [6.07, 6.45) is 1.39. The Morgan fingerprint density at radius 2 is 2.25 bits per heavy atom. The van der Waals surface area contributed by atoms with Crippen LogP contribution in [0.3, 0.4) is 0 Å². The minimum absolute atomic E-state index is 0.214. The molecule has 0 saturated heterocycles. The van der Waals surface area contributed by atoms with Gasteiger partial charge in [-0.1, -0.05) is 24.0 Å². The van der Waals surface area contributed by atoms with Gasteiger partial charge in [-0.25, -0.2) is 14.5 Å². The summed E-state index contributed by atoms with van der Waals surface area (Å²) < 4.78 is 1.36. The minimum atomic E-state index is -0.321. The first-order chi connectivity index (χ1) is 7.83. The van der Waals surface area contributed by atoms with Gasteiger partial charge in [0.1, 0.15) is 12.9 Å². The molecule has 5 heteroatoms. The normalized spacial score (nSPS) is 9.56. The molecular weight excluding hydrogens is 206 g/mol. The molecule has 0 bridgehead atoms. The number of nitrogens with zero attached hydrogens (tertiary/aromatic N) is 2. The molecule has 16 heavy (non-hydrogen) atoms. The van der Waals surface area contributed by atoms with Gasteiger partial charge >= 0.3 is 5.69 Å². The van der Waals surface area contributed by atoms with Gasteiger partial charge in [0.25, 0.3) is 0 Å². The average Bonchev–Trinajstić information content (AvgIpc) is 2.73. The van der Waals surface area contributed by atoms with Gasteiger partial charge in [0, 0.05) is 5.56 Å². The van der Waals surface area contributed by atoms with E-state index in [-0.39, 0.29) is 12.3 Å². The van der Waals surface area contributed by atoms with Crippen LogP contribution in [0.15, 0.2) is 35.4 Å². The van der Waals surface area contributed by atoms with Crippen molar-refractivity contribution in [3.8, 4) is 17.5 Å². The third-order valence-electron chi connectivity index (χ3n) is 2.02. The standard InChI is InChI=1S/C11H9N3O2/c15-7-3-5-9-4-1-2-6-10(9)14-8-12-13-11(14)16/h1-2,4,6,8,15H,7H2,(H,13,16). The summed E-state index contributed by atoms with van der Waals surface area (Å²) in [5, 5.41) is 14.6. The van der Waals surface area contributed by atoms with Crippen molar-refractivity contribution < 1.29 is 5.11 Å². The molecule has 0 aliphatic rings. The number of para-hydroxylation sites is 1. The van der Waals surface area contributed by atoms with E-state index in [4.69, 9.17) is 5.11 Å². The fraction of sp³-hybridized carbons (Fsp3) is 0.0909.